The Morgan fingerprint density at radius 1 is 1.31 bits per heavy atom. The summed E-state index contributed by atoms with van der Waals surface area (Å²) in [6.45, 7) is 5.66. The molecule has 92 valence electrons. The molecular weight excluding hydrogens is 216 g/mol. The van der Waals surface area contributed by atoms with Crippen LogP contribution in [0.2, 0.25) is 0 Å². The van der Waals surface area contributed by atoms with Gasteiger partial charge in [-0.25, -0.2) is 0 Å². The summed E-state index contributed by atoms with van der Waals surface area (Å²) in [5, 5.41) is 5.61. The van der Waals surface area contributed by atoms with Gasteiger partial charge in [-0.15, -0.1) is 0 Å². The van der Waals surface area contributed by atoms with Gasteiger partial charge in [-0.3, -0.25) is 4.99 Å². The lowest BCUT2D eigenvalue weighted by atomic mass is 9.87. The largest absolute Gasteiger partial charge is 0.362 e. The summed E-state index contributed by atoms with van der Waals surface area (Å²) < 4.78 is 0. The lowest BCUT2D eigenvalue weighted by molar-refractivity contribution is 0.332. The third kappa shape index (κ3) is 3.41. The minimum Gasteiger partial charge on any atom is -0.362 e. The van der Waals surface area contributed by atoms with Crippen LogP contribution in [0.1, 0.15) is 52.4 Å². The third-order valence-corrected chi connectivity index (χ3v) is 4.86. The summed E-state index contributed by atoms with van der Waals surface area (Å²) in [6, 6.07) is 0.697. The maximum Gasteiger partial charge on any atom is 0.157 e. The lowest BCUT2D eigenvalue weighted by Crippen LogP contribution is -2.35. The van der Waals surface area contributed by atoms with E-state index in [-0.39, 0.29) is 0 Å². The van der Waals surface area contributed by atoms with Gasteiger partial charge in [-0.1, -0.05) is 32.0 Å². The van der Waals surface area contributed by atoms with E-state index in [2.05, 4.69) is 24.2 Å². The molecule has 1 aliphatic heterocycles. The predicted octanol–water partition coefficient (Wildman–Crippen LogP) is 3.43. The van der Waals surface area contributed by atoms with Crippen molar-refractivity contribution >= 4 is 16.9 Å². The van der Waals surface area contributed by atoms with Gasteiger partial charge in [0.1, 0.15) is 0 Å². The fourth-order valence-corrected chi connectivity index (χ4v) is 3.75. The minimum absolute atomic E-state index is 0.697. The van der Waals surface area contributed by atoms with Crippen molar-refractivity contribution in [3.05, 3.63) is 0 Å². The number of hydrogen-bond acceptors (Lipinski definition) is 3. The Morgan fingerprint density at radius 3 is 2.75 bits per heavy atom. The summed E-state index contributed by atoms with van der Waals surface area (Å²) in [5.74, 6) is 0.934. The number of aliphatic imine (C=N–C) groups is 1. The zero-order valence-corrected chi connectivity index (χ0v) is 11.4. The first-order valence-electron chi connectivity index (χ1n) is 6.75. The van der Waals surface area contributed by atoms with Gasteiger partial charge in [0.25, 0.3) is 0 Å². The highest BCUT2D eigenvalue weighted by molar-refractivity contribution is 8.14. The molecule has 3 heteroatoms. The summed E-state index contributed by atoms with van der Waals surface area (Å²) in [7, 11) is 0. The molecule has 1 fully saturated rings. The van der Waals surface area contributed by atoms with Crippen LogP contribution in [-0.4, -0.2) is 23.0 Å². The van der Waals surface area contributed by atoms with Gasteiger partial charge in [0, 0.05) is 11.3 Å². The third-order valence-electron chi connectivity index (χ3n) is 3.67. The van der Waals surface area contributed by atoms with Crippen molar-refractivity contribution < 1.29 is 0 Å². The van der Waals surface area contributed by atoms with Crippen LogP contribution in [0.15, 0.2) is 4.99 Å². The second-order valence-electron chi connectivity index (χ2n) is 5.28. The van der Waals surface area contributed by atoms with Gasteiger partial charge >= 0.3 is 0 Å². The topological polar surface area (TPSA) is 24.4 Å². The number of nitrogens with zero attached hydrogens (tertiary/aromatic N) is 1. The van der Waals surface area contributed by atoms with Crippen molar-refractivity contribution in [3.63, 3.8) is 0 Å². The molecule has 2 nitrogen and oxygen atoms in total. The fraction of sp³-hybridized carbons (Fsp3) is 0.923. The first kappa shape index (κ1) is 12.3. The molecule has 0 spiro atoms. The smallest absolute Gasteiger partial charge is 0.157 e. The quantitative estimate of drug-likeness (QED) is 0.817. The van der Waals surface area contributed by atoms with Crippen LogP contribution in [-0.2, 0) is 0 Å². The molecule has 2 aliphatic rings. The van der Waals surface area contributed by atoms with Crippen molar-refractivity contribution in [2.45, 2.75) is 63.7 Å². The molecule has 1 N–H and O–H groups in total. The van der Waals surface area contributed by atoms with Gasteiger partial charge in [0.15, 0.2) is 5.17 Å². The second kappa shape index (κ2) is 5.95. The zero-order valence-electron chi connectivity index (χ0n) is 10.5. The lowest BCUT2D eigenvalue weighted by Gasteiger charge is -2.27. The molecule has 0 amide bonds. The average Bonchev–Trinajstić information content (AvgIpc) is 2.70. The van der Waals surface area contributed by atoms with E-state index in [1.165, 1.54) is 43.7 Å². The second-order valence-corrected chi connectivity index (χ2v) is 6.56. The molecule has 0 bridgehead atoms. The average molecular weight is 240 g/mol. The molecule has 1 unspecified atom stereocenters. The highest BCUT2D eigenvalue weighted by atomic mass is 32.2. The Kier molecular flexibility index (Phi) is 4.56. The molecule has 1 aliphatic carbocycles. The molecule has 1 heterocycles. The molecule has 0 aromatic heterocycles. The van der Waals surface area contributed by atoms with Gasteiger partial charge < -0.3 is 5.32 Å². The molecule has 0 saturated heterocycles. The summed E-state index contributed by atoms with van der Waals surface area (Å²) in [4.78, 5) is 4.62. The van der Waals surface area contributed by atoms with Crippen LogP contribution in [0.4, 0.5) is 0 Å². The van der Waals surface area contributed by atoms with Gasteiger partial charge in [-0.05, 0) is 38.0 Å². The first-order valence-corrected chi connectivity index (χ1v) is 7.63. The van der Waals surface area contributed by atoms with E-state index >= 15 is 0 Å². The molecule has 16 heavy (non-hydrogen) atoms. The number of nitrogens with one attached hydrogen (secondary N) is 1. The number of rotatable bonds is 3. The van der Waals surface area contributed by atoms with Crippen molar-refractivity contribution in [2.24, 2.45) is 10.9 Å². The van der Waals surface area contributed by atoms with E-state index in [1.54, 1.807) is 0 Å². The van der Waals surface area contributed by atoms with Crippen LogP contribution in [0.25, 0.3) is 0 Å². The maximum atomic E-state index is 4.62. The number of thioether (sulfide) groups is 1. The van der Waals surface area contributed by atoms with E-state index in [1.807, 2.05) is 11.8 Å². The molecule has 1 atom stereocenters. The van der Waals surface area contributed by atoms with E-state index in [0.717, 1.165) is 17.7 Å². The van der Waals surface area contributed by atoms with Crippen LogP contribution < -0.4 is 5.32 Å². The molecule has 0 aromatic rings. The molecule has 0 radical (unpaired) electrons. The highest BCUT2D eigenvalue weighted by Crippen LogP contribution is 2.27. The number of hydrogen-bond donors (Lipinski definition) is 1. The SMILES string of the molecule is CCCC1CN=C(NC2CCC(C)CC2)S1. The summed E-state index contributed by atoms with van der Waals surface area (Å²) >= 11 is 1.97. The van der Waals surface area contributed by atoms with Crippen molar-refractivity contribution in [2.75, 3.05) is 6.54 Å². The number of amidine groups is 1. The Morgan fingerprint density at radius 2 is 2.06 bits per heavy atom. The van der Waals surface area contributed by atoms with Crippen LogP contribution in [0, 0.1) is 5.92 Å². The highest BCUT2D eigenvalue weighted by Gasteiger charge is 2.23. The Balaban J connectivity index is 1.70. The normalized spacial score (nSPS) is 34.9. The van der Waals surface area contributed by atoms with Gasteiger partial charge in [0.05, 0.1) is 6.54 Å². The summed E-state index contributed by atoms with van der Waals surface area (Å²) in [5.41, 5.74) is 0. The fourth-order valence-electron chi connectivity index (χ4n) is 2.55. The molecule has 2 rings (SSSR count). The Bertz CT molecular complexity index is 244. The van der Waals surface area contributed by atoms with Crippen LogP contribution in [0.5, 0.6) is 0 Å². The van der Waals surface area contributed by atoms with Gasteiger partial charge in [-0.2, -0.15) is 0 Å². The van der Waals surface area contributed by atoms with E-state index in [0.29, 0.717) is 6.04 Å². The van der Waals surface area contributed by atoms with Crippen molar-refractivity contribution in [3.8, 4) is 0 Å². The standard InChI is InChI=1S/C13H24N2S/c1-3-4-12-9-14-13(16-12)15-11-7-5-10(2)6-8-11/h10-12H,3-9H2,1-2H3,(H,14,15). The van der Waals surface area contributed by atoms with Crippen LogP contribution >= 0.6 is 11.8 Å². The van der Waals surface area contributed by atoms with Crippen molar-refractivity contribution in [1.29, 1.82) is 0 Å². The minimum atomic E-state index is 0.697. The Labute approximate surface area is 104 Å². The van der Waals surface area contributed by atoms with E-state index in [9.17, 15) is 0 Å². The van der Waals surface area contributed by atoms with Crippen LogP contribution in [0.3, 0.4) is 0 Å². The monoisotopic (exact) mass is 240 g/mol. The molecule has 1 saturated carbocycles. The maximum absolute atomic E-state index is 4.62. The van der Waals surface area contributed by atoms with E-state index in [4.69, 9.17) is 0 Å². The Hall–Kier alpha value is -0.180. The first-order chi connectivity index (χ1) is 7.78. The predicted molar refractivity (Wildman–Crippen MR) is 73.1 cm³/mol. The van der Waals surface area contributed by atoms with Crippen molar-refractivity contribution in [1.82, 2.24) is 5.32 Å². The molecule has 0 aromatic carbocycles. The zero-order chi connectivity index (χ0) is 11.4. The summed E-state index contributed by atoms with van der Waals surface area (Å²) in [6.07, 6.45) is 8.02. The van der Waals surface area contributed by atoms with E-state index < -0.39 is 0 Å². The van der Waals surface area contributed by atoms with Gasteiger partial charge in [0.2, 0.25) is 0 Å². The molecular formula is C13H24N2S.